The lowest BCUT2D eigenvalue weighted by Crippen LogP contribution is -2.26. The van der Waals surface area contributed by atoms with Gasteiger partial charge in [-0.15, -0.1) is 0 Å². The second kappa shape index (κ2) is 7.23. The lowest BCUT2D eigenvalue weighted by molar-refractivity contribution is 0.343. The number of likely N-dealkylation sites (N-methyl/N-ethyl adjacent to an activating group) is 1. The van der Waals surface area contributed by atoms with Gasteiger partial charge in [0.05, 0.1) is 10.0 Å². The Morgan fingerprint density at radius 2 is 1.69 bits per heavy atom. The zero-order valence-electron chi connectivity index (χ0n) is 14.4. The lowest BCUT2D eigenvalue weighted by Gasteiger charge is -2.25. The highest BCUT2D eigenvalue weighted by Gasteiger charge is 2.20. The summed E-state index contributed by atoms with van der Waals surface area (Å²) in [6, 6.07) is 12.3. The molecule has 4 nitrogen and oxygen atoms in total. The summed E-state index contributed by atoms with van der Waals surface area (Å²) in [6.45, 7) is 2.72. The smallest absolute Gasteiger partial charge is 0.115 e. The molecule has 0 saturated heterocycles. The van der Waals surface area contributed by atoms with Crippen molar-refractivity contribution in [3.63, 3.8) is 0 Å². The van der Waals surface area contributed by atoms with Crippen LogP contribution in [0.3, 0.4) is 0 Å². The molecule has 0 bridgehead atoms. The molecule has 0 N–H and O–H groups in total. The molecular formula is C20H18Cl2N4. The van der Waals surface area contributed by atoms with E-state index in [1.54, 1.807) is 6.33 Å². The molecule has 1 aliphatic rings. The molecule has 4 rings (SSSR count). The quantitative estimate of drug-likeness (QED) is 0.619. The fourth-order valence-corrected chi connectivity index (χ4v) is 3.58. The number of rotatable bonds is 2. The van der Waals surface area contributed by atoms with E-state index in [-0.39, 0.29) is 0 Å². The van der Waals surface area contributed by atoms with Gasteiger partial charge < -0.3 is 9.80 Å². The van der Waals surface area contributed by atoms with Crippen molar-refractivity contribution in [1.82, 2.24) is 14.9 Å². The molecule has 0 spiro atoms. The van der Waals surface area contributed by atoms with Crippen LogP contribution in [0.15, 0.2) is 55.1 Å². The van der Waals surface area contributed by atoms with Crippen molar-refractivity contribution in [3.8, 4) is 11.1 Å². The zero-order valence-corrected chi connectivity index (χ0v) is 15.9. The average Bonchev–Trinajstić information content (AvgIpc) is 2.82. The Hall–Kier alpha value is -2.14. The Morgan fingerprint density at radius 3 is 2.46 bits per heavy atom. The fraction of sp³-hybridized carbons (Fsp3) is 0.200. The monoisotopic (exact) mass is 384 g/mol. The Kier molecular flexibility index (Phi) is 4.81. The van der Waals surface area contributed by atoms with Crippen LogP contribution in [-0.2, 0) is 6.54 Å². The molecule has 0 amide bonds. The van der Waals surface area contributed by atoms with Crippen LogP contribution >= 0.6 is 23.2 Å². The fourth-order valence-electron chi connectivity index (χ4n) is 3.29. The Morgan fingerprint density at radius 1 is 0.885 bits per heavy atom. The maximum atomic E-state index is 6.25. The Balaban J connectivity index is 1.79. The van der Waals surface area contributed by atoms with E-state index < -0.39 is 0 Å². The number of halogens is 2. The second-order valence-electron chi connectivity index (χ2n) is 6.46. The third-order valence-electron chi connectivity index (χ3n) is 4.62. The van der Waals surface area contributed by atoms with Gasteiger partial charge in [0.25, 0.3) is 0 Å². The van der Waals surface area contributed by atoms with Gasteiger partial charge in [0.15, 0.2) is 0 Å². The van der Waals surface area contributed by atoms with Crippen LogP contribution in [0.4, 0.5) is 11.4 Å². The zero-order chi connectivity index (χ0) is 18.1. The minimum absolute atomic E-state index is 0.571. The van der Waals surface area contributed by atoms with E-state index in [9.17, 15) is 0 Å². The van der Waals surface area contributed by atoms with Gasteiger partial charge in [-0.25, -0.2) is 9.97 Å². The Bertz CT molecular complexity index is 930. The molecule has 132 valence electrons. The predicted molar refractivity (Wildman–Crippen MR) is 107 cm³/mol. The molecule has 1 aliphatic heterocycles. The largest absolute Gasteiger partial charge is 0.340 e. The number of aromatic nitrogens is 2. The normalized spacial score (nSPS) is 14.8. The molecule has 6 heteroatoms. The van der Waals surface area contributed by atoms with Crippen LogP contribution in [-0.4, -0.2) is 35.0 Å². The van der Waals surface area contributed by atoms with Crippen LogP contribution in [0, 0.1) is 0 Å². The van der Waals surface area contributed by atoms with E-state index in [2.05, 4.69) is 45.0 Å². The molecule has 0 aliphatic carbocycles. The van der Waals surface area contributed by atoms with Crippen molar-refractivity contribution in [1.29, 1.82) is 0 Å². The third-order valence-corrected chi connectivity index (χ3v) is 5.36. The molecule has 1 aromatic heterocycles. The summed E-state index contributed by atoms with van der Waals surface area (Å²) in [5.74, 6) is 0. The van der Waals surface area contributed by atoms with E-state index in [1.807, 2.05) is 30.6 Å². The second-order valence-corrected chi connectivity index (χ2v) is 7.27. The van der Waals surface area contributed by atoms with Gasteiger partial charge in [-0.2, -0.15) is 0 Å². The van der Waals surface area contributed by atoms with Crippen molar-refractivity contribution in [2.45, 2.75) is 6.54 Å². The van der Waals surface area contributed by atoms with Gasteiger partial charge in [0, 0.05) is 49.0 Å². The van der Waals surface area contributed by atoms with E-state index in [1.165, 1.54) is 11.3 Å². The van der Waals surface area contributed by atoms with E-state index >= 15 is 0 Å². The summed E-state index contributed by atoms with van der Waals surface area (Å²) in [4.78, 5) is 12.9. The molecule has 0 fully saturated rings. The molecule has 0 saturated carbocycles. The number of nitrogens with zero attached hydrogens (tertiary/aromatic N) is 4. The summed E-state index contributed by atoms with van der Waals surface area (Å²) < 4.78 is 0. The van der Waals surface area contributed by atoms with Crippen LogP contribution < -0.4 is 4.90 Å². The number of anilines is 2. The van der Waals surface area contributed by atoms with E-state index in [4.69, 9.17) is 23.2 Å². The highest BCUT2D eigenvalue weighted by atomic mass is 35.5. The summed E-state index contributed by atoms with van der Waals surface area (Å²) in [6.07, 6.45) is 5.23. The average molecular weight is 385 g/mol. The first-order chi connectivity index (χ1) is 12.6. The third kappa shape index (κ3) is 3.40. The molecule has 0 unspecified atom stereocenters. The van der Waals surface area contributed by atoms with Gasteiger partial charge in [0.2, 0.25) is 0 Å². The molecular weight excluding hydrogens is 367 g/mol. The van der Waals surface area contributed by atoms with Crippen LogP contribution in [0.2, 0.25) is 10.0 Å². The van der Waals surface area contributed by atoms with Crippen molar-refractivity contribution < 1.29 is 0 Å². The van der Waals surface area contributed by atoms with Gasteiger partial charge in [-0.1, -0.05) is 29.3 Å². The molecule has 0 radical (unpaired) electrons. The topological polar surface area (TPSA) is 32.3 Å². The predicted octanol–water partition coefficient (Wildman–Crippen LogP) is 5.03. The lowest BCUT2D eigenvalue weighted by atomic mass is 10.0. The molecule has 3 aromatic rings. The summed E-state index contributed by atoms with van der Waals surface area (Å²) >= 11 is 12.3. The molecule has 2 heterocycles. The standard InChI is InChI=1S/C20H18Cl2N4/c1-25-6-7-26(17-3-4-18(21)19(22)9-17)20-5-2-14(8-15(20)12-25)16-10-23-13-24-11-16/h2-5,8-11,13H,6-7,12H2,1H3. The van der Waals surface area contributed by atoms with Crippen LogP contribution in [0.5, 0.6) is 0 Å². The highest BCUT2D eigenvalue weighted by molar-refractivity contribution is 6.42. The van der Waals surface area contributed by atoms with Gasteiger partial charge in [0.1, 0.15) is 6.33 Å². The maximum Gasteiger partial charge on any atom is 0.115 e. The number of hydrogen-bond acceptors (Lipinski definition) is 4. The van der Waals surface area contributed by atoms with Crippen molar-refractivity contribution in [2.75, 3.05) is 25.0 Å². The summed E-state index contributed by atoms with van der Waals surface area (Å²) in [5.41, 5.74) is 5.63. The SMILES string of the molecule is CN1CCN(c2ccc(Cl)c(Cl)c2)c2ccc(-c3cncnc3)cc2C1. The first-order valence-corrected chi connectivity index (χ1v) is 9.17. The van der Waals surface area contributed by atoms with Gasteiger partial charge in [-0.05, 0) is 48.5 Å². The minimum Gasteiger partial charge on any atom is -0.340 e. The molecule has 2 aromatic carbocycles. The van der Waals surface area contributed by atoms with Gasteiger partial charge in [-0.3, -0.25) is 0 Å². The van der Waals surface area contributed by atoms with Crippen molar-refractivity contribution in [2.24, 2.45) is 0 Å². The highest BCUT2D eigenvalue weighted by Crippen LogP contribution is 2.36. The number of fused-ring (bicyclic) bond motifs is 1. The van der Waals surface area contributed by atoms with Gasteiger partial charge >= 0.3 is 0 Å². The number of hydrogen-bond donors (Lipinski definition) is 0. The number of benzene rings is 2. The summed E-state index contributed by atoms with van der Waals surface area (Å²) in [7, 11) is 2.14. The minimum atomic E-state index is 0.571. The maximum absolute atomic E-state index is 6.25. The summed E-state index contributed by atoms with van der Waals surface area (Å²) in [5, 5.41) is 1.14. The van der Waals surface area contributed by atoms with E-state index in [0.717, 1.165) is 36.4 Å². The van der Waals surface area contributed by atoms with E-state index in [0.29, 0.717) is 10.0 Å². The molecule has 26 heavy (non-hydrogen) atoms. The first-order valence-electron chi connectivity index (χ1n) is 8.41. The van der Waals surface area contributed by atoms with Crippen molar-refractivity contribution >= 4 is 34.6 Å². The Labute approximate surface area is 163 Å². The first kappa shape index (κ1) is 17.3. The molecule has 0 atom stereocenters. The van der Waals surface area contributed by atoms with Crippen LogP contribution in [0.1, 0.15) is 5.56 Å². The van der Waals surface area contributed by atoms with Crippen LogP contribution in [0.25, 0.3) is 11.1 Å². The van der Waals surface area contributed by atoms with Crippen molar-refractivity contribution in [3.05, 3.63) is 70.7 Å².